The summed E-state index contributed by atoms with van der Waals surface area (Å²) in [6.45, 7) is 9.89. The molecule has 118 valence electrons. The van der Waals surface area contributed by atoms with E-state index in [1.165, 1.54) is 19.3 Å². The van der Waals surface area contributed by atoms with Crippen LogP contribution < -0.4 is 5.73 Å². The van der Waals surface area contributed by atoms with Gasteiger partial charge in [-0.3, -0.25) is 0 Å². The summed E-state index contributed by atoms with van der Waals surface area (Å²) in [6, 6.07) is 0. The predicted molar refractivity (Wildman–Crippen MR) is 85.4 cm³/mol. The SMILES string of the molecule is CC(C)C1CCC(CN)(C2(O)CCCC(C)C2C)CC1. The van der Waals surface area contributed by atoms with Crippen LogP contribution >= 0.6 is 0 Å². The van der Waals surface area contributed by atoms with Crippen LogP contribution in [-0.2, 0) is 0 Å². The van der Waals surface area contributed by atoms with Gasteiger partial charge in [-0.1, -0.05) is 40.5 Å². The highest BCUT2D eigenvalue weighted by molar-refractivity contribution is 5.06. The van der Waals surface area contributed by atoms with Crippen molar-refractivity contribution in [3.63, 3.8) is 0 Å². The molecular formula is C18H35NO. The normalized spacial score (nSPS) is 46.6. The molecule has 0 aromatic heterocycles. The first-order chi connectivity index (χ1) is 9.36. The van der Waals surface area contributed by atoms with Crippen LogP contribution in [0, 0.1) is 29.1 Å². The van der Waals surface area contributed by atoms with Gasteiger partial charge in [0.05, 0.1) is 5.60 Å². The van der Waals surface area contributed by atoms with E-state index in [1.807, 2.05) is 0 Å². The maximum absolute atomic E-state index is 11.5. The Kier molecular flexibility index (Phi) is 4.86. The van der Waals surface area contributed by atoms with Gasteiger partial charge in [-0.25, -0.2) is 0 Å². The third-order valence-corrected chi connectivity index (χ3v) is 7.06. The summed E-state index contributed by atoms with van der Waals surface area (Å²) in [5.74, 6) is 2.60. The number of aliphatic hydroxyl groups is 1. The second-order valence-electron chi connectivity index (χ2n) is 8.15. The summed E-state index contributed by atoms with van der Waals surface area (Å²) in [6.07, 6.45) is 8.13. The molecule has 2 nitrogen and oxygen atoms in total. The van der Waals surface area contributed by atoms with Crippen molar-refractivity contribution < 1.29 is 5.11 Å². The molecule has 2 fully saturated rings. The van der Waals surface area contributed by atoms with Crippen LogP contribution in [0.1, 0.15) is 72.6 Å². The Labute approximate surface area is 125 Å². The third kappa shape index (κ3) is 2.54. The van der Waals surface area contributed by atoms with Crippen molar-refractivity contribution in [2.45, 2.75) is 78.2 Å². The second-order valence-corrected chi connectivity index (χ2v) is 8.15. The maximum atomic E-state index is 11.5. The molecule has 0 bridgehead atoms. The van der Waals surface area contributed by atoms with E-state index in [0.717, 1.165) is 37.5 Å². The Morgan fingerprint density at radius 1 is 1.10 bits per heavy atom. The van der Waals surface area contributed by atoms with Gasteiger partial charge in [0, 0.05) is 12.0 Å². The highest BCUT2D eigenvalue weighted by Gasteiger charge is 2.55. The minimum Gasteiger partial charge on any atom is -0.389 e. The minimum absolute atomic E-state index is 0.0213. The van der Waals surface area contributed by atoms with Crippen LogP contribution in [-0.4, -0.2) is 17.3 Å². The van der Waals surface area contributed by atoms with E-state index in [1.54, 1.807) is 0 Å². The summed E-state index contributed by atoms with van der Waals surface area (Å²) < 4.78 is 0. The molecule has 3 N–H and O–H groups in total. The Balaban J connectivity index is 2.19. The maximum Gasteiger partial charge on any atom is 0.0743 e. The van der Waals surface area contributed by atoms with E-state index in [-0.39, 0.29) is 5.41 Å². The van der Waals surface area contributed by atoms with Gasteiger partial charge in [0.15, 0.2) is 0 Å². The lowest BCUT2D eigenvalue weighted by molar-refractivity contribution is -0.170. The highest BCUT2D eigenvalue weighted by Crippen LogP contribution is 2.55. The zero-order chi connectivity index (χ0) is 15.0. The van der Waals surface area contributed by atoms with E-state index in [0.29, 0.717) is 18.4 Å². The summed E-state index contributed by atoms with van der Waals surface area (Å²) >= 11 is 0. The lowest BCUT2D eigenvalue weighted by Gasteiger charge is -2.57. The fourth-order valence-corrected chi connectivity index (χ4v) is 5.06. The number of rotatable bonds is 3. The van der Waals surface area contributed by atoms with Crippen LogP contribution in [0.2, 0.25) is 0 Å². The van der Waals surface area contributed by atoms with Gasteiger partial charge in [0.1, 0.15) is 0 Å². The van der Waals surface area contributed by atoms with E-state index in [4.69, 9.17) is 5.73 Å². The van der Waals surface area contributed by atoms with Gasteiger partial charge < -0.3 is 10.8 Å². The number of hydrogen-bond acceptors (Lipinski definition) is 2. The Bertz CT molecular complexity index is 319. The zero-order valence-electron chi connectivity index (χ0n) is 14.0. The molecule has 0 radical (unpaired) electrons. The first-order valence-electron chi connectivity index (χ1n) is 8.79. The monoisotopic (exact) mass is 281 g/mol. The Hall–Kier alpha value is -0.0800. The first kappa shape index (κ1) is 16.3. The summed E-state index contributed by atoms with van der Waals surface area (Å²) in [4.78, 5) is 0. The molecule has 0 aliphatic heterocycles. The van der Waals surface area contributed by atoms with Gasteiger partial charge in [0.2, 0.25) is 0 Å². The number of hydrogen-bond donors (Lipinski definition) is 2. The van der Waals surface area contributed by atoms with Crippen molar-refractivity contribution in [2.75, 3.05) is 6.54 Å². The van der Waals surface area contributed by atoms with Gasteiger partial charge >= 0.3 is 0 Å². The fraction of sp³-hybridized carbons (Fsp3) is 1.00. The molecule has 3 atom stereocenters. The third-order valence-electron chi connectivity index (χ3n) is 7.06. The van der Waals surface area contributed by atoms with Crippen LogP contribution in [0.25, 0.3) is 0 Å². The lowest BCUT2D eigenvalue weighted by Crippen LogP contribution is -2.60. The molecule has 0 heterocycles. The molecule has 2 heteroatoms. The molecule has 0 saturated heterocycles. The van der Waals surface area contributed by atoms with Crippen LogP contribution in [0.5, 0.6) is 0 Å². The molecule has 2 saturated carbocycles. The molecule has 20 heavy (non-hydrogen) atoms. The van der Waals surface area contributed by atoms with E-state index in [9.17, 15) is 5.11 Å². The largest absolute Gasteiger partial charge is 0.389 e. The molecular weight excluding hydrogens is 246 g/mol. The van der Waals surface area contributed by atoms with Crippen molar-refractivity contribution in [3.05, 3.63) is 0 Å². The lowest BCUT2D eigenvalue weighted by atomic mass is 9.52. The quantitative estimate of drug-likeness (QED) is 0.822. The van der Waals surface area contributed by atoms with Gasteiger partial charge in [-0.2, -0.15) is 0 Å². The van der Waals surface area contributed by atoms with Gasteiger partial charge in [-0.05, 0) is 55.8 Å². The average Bonchev–Trinajstić information content (AvgIpc) is 2.44. The van der Waals surface area contributed by atoms with Crippen molar-refractivity contribution >= 4 is 0 Å². The predicted octanol–water partition coefficient (Wildman–Crippen LogP) is 3.96. The highest BCUT2D eigenvalue weighted by atomic mass is 16.3. The molecule has 3 unspecified atom stereocenters. The molecule has 0 amide bonds. The average molecular weight is 281 g/mol. The molecule has 2 aliphatic rings. The van der Waals surface area contributed by atoms with Crippen LogP contribution in [0.3, 0.4) is 0 Å². The van der Waals surface area contributed by atoms with E-state index >= 15 is 0 Å². The van der Waals surface area contributed by atoms with Crippen molar-refractivity contribution in [1.29, 1.82) is 0 Å². The van der Waals surface area contributed by atoms with Crippen LogP contribution in [0.15, 0.2) is 0 Å². The molecule has 0 aromatic carbocycles. The van der Waals surface area contributed by atoms with Gasteiger partial charge in [0.25, 0.3) is 0 Å². The number of nitrogens with two attached hydrogens (primary N) is 1. The van der Waals surface area contributed by atoms with E-state index < -0.39 is 5.60 Å². The Morgan fingerprint density at radius 2 is 1.70 bits per heavy atom. The van der Waals surface area contributed by atoms with Gasteiger partial charge in [-0.15, -0.1) is 0 Å². The second kappa shape index (κ2) is 5.96. The fourth-order valence-electron chi connectivity index (χ4n) is 5.06. The standard InChI is InChI=1S/C18H35NO/c1-13(2)16-7-10-17(12-19,11-8-16)18(20)9-5-6-14(3)15(18)4/h13-16,20H,5-12,19H2,1-4H3. The van der Waals surface area contributed by atoms with E-state index in [2.05, 4.69) is 27.7 Å². The topological polar surface area (TPSA) is 46.2 Å². The molecule has 2 aliphatic carbocycles. The smallest absolute Gasteiger partial charge is 0.0743 e. The first-order valence-corrected chi connectivity index (χ1v) is 8.79. The summed E-state index contributed by atoms with van der Waals surface area (Å²) in [5, 5.41) is 11.5. The summed E-state index contributed by atoms with van der Waals surface area (Å²) in [5.41, 5.74) is 5.68. The van der Waals surface area contributed by atoms with Crippen molar-refractivity contribution in [3.8, 4) is 0 Å². The molecule has 2 rings (SSSR count). The van der Waals surface area contributed by atoms with Crippen molar-refractivity contribution in [1.82, 2.24) is 0 Å². The molecule has 0 spiro atoms. The zero-order valence-corrected chi connectivity index (χ0v) is 14.0. The Morgan fingerprint density at radius 3 is 2.20 bits per heavy atom. The van der Waals surface area contributed by atoms with Crippen molar-refractivity contribution in [2.24, 2.45) is 34.8 Å². The van der Waals surface area contributed by atoms with Crippen LogP contribution in [0.4, 0.5) is 0 Å². The summed E-state index contributed by atoms with van der Waals surface area (Å²) in [7, 11) is 0. The molecule has 0 aromatic rings. The minimum atomic E-state index is -0.526.